The molecule has 80 heavy (non-hydrogen) atoms. The minimum Gasteiger partial charge on any atom is -0.497 e. The molecular weight excluding hydrogens is 1000 g/mol. The summed E-state index contributed by atoms with van der Waals surface area (Å²) in [7, 11) is 5.12. The molecule has 0 amide bonds. The lowest BCUT2D eigenvalue weighted by molar-refractivity contribution is -0.0388. The van der Waals surface area contributed by atoms with Crippen LogP contribution in [0.4, 0.5) is 0 Å². The highest BCUT2D eigenvalue weighted by molar-refractivity contribution is 5.86. The van der Waals surface area contributed by atoms with E-state index in [1.54, 1.807) is 21.3 Å². The number of benzene rings is 3. The van der Waals surface area contributed by atoms with Crippen molar-refractivity contribution in [1.82, 2.24) is 39.6 Å². The van der Waals surface area contributed by atoms with Crippen LogP contribution in [-0.4, -0.2) is 118 Å². The molecule has 3 aromatic carbocycles. The molecular formula is C66H74N8O6. The van der Waals surface area contributed by atoms with Crippen molar-refractivity contribution in [3.05, 3.63) is 152 Å². The van der Waals surface area contributed by atoms with E-state index in [1.807, 2.05) is 61.1 Å². The number of aromatic nitrogens is 5. The van der Waals surface area contributed by atoms with E-state index in [0.717, 1.165) is 157 Å². The Morgan fingerprint density at radius 1 is 0.450 bits per heavy atom. The summed E-state index contributed by atoms with van der Waals surface area (Å²) in [5.74, 6) is 5.60. The molecule has 13 heterocycles. The topological polar surface area (TPSA) is 130 Å². The fourth-order valence-corrected chi connectivity index (χ4v) is 15.1. The zero-order chi connectivity index (χ0) is 54.4. The normalized spacial score (nSPS) is 29.0. The first-order valence-corrected chi connectivity index (χ1v) is 29.1. The Bertz CT molecular complexity index is 3280. The van der Waals surface area contributed by atoms with E-state index >= 15 is 0 Å². The summed E-state index contributed by atoms with van der Waals surface area (Å²) >= 11 is 0. The Hall–Kier alpha value is -7.13. The smallest absolute Gasteiger partial charge is 0.323 e. The standard InChI is InChI=1S/C66H74N8O6/c1-7-40-19-27-72-29-21-43(40)32-58(72)63(49-16-24-67-55-13-10-46(75-4)35-52(49)55)78-61-38-62(79-64(59-33-44-22-30-73(59)28-20-41(44)8-2)50-17-25-68-56-14-11-47(76-5)36-53(50)56)71-66(70-61)80-65(60-34-45-23-31-74(60)39-42(45)9-3)51-18-26-69-57-15-12-48(77-6)37-54(51)57/h7-18,24-26,35-38,40-45,58-60,63-65H,1-3,19-23,27-34,39H2,4-6H3/t40-,41?,42?,43?,44?,45?,58-,59?,60?,63-,64-,65?/m0/s1. The molecule has 414 valence electrons. The van der Waals surface area contributed by atoms with Gasteiger partial charge >= 0.3 is 6.01 Å². The first-order chi connectivity index (χ1) is 39.3. The number of nitrogens with zero attached hydrogens (tertiary/aromatic N) is 8. The van der Waals surface area contributed by atoms with Crippen LogP contribution >= 0.6 is 0 Å². The van der Waals surface area contributed by atoms with Crippen molar-refractivity contribution in [3.63, 3.8) is 0 Å². The summed E-state index contributed by atoms with van der Waals surface area (Å²) in [6.07, 6.45) is 18.9. The van der Waals surface area contributed by atoms with E-state index in [9.17, 15) is 0 Å². The summed E-state index contributed by atoms with van der Waals surface area (Å²) in [6, 6.07) is 26.6. The Balaban J connectivity index is 0.991. The predicted octanol–water partition coefficient (Wildman–Crippen LogP) is 12.0. The molecule has 9 aliphatic rings. The van der Waals surface area contributed by atoms with Crippen LogP contribution in [0, 0.1) is 35.5 Å². The maximum Gasteiger partial charge on any atom is 0.323 e. The maximum atomic E-state index is 7.68. The van der Waals surface area contributed by atoms with Crippen molar-refractivity contribution in [1.29, 1.82) is 0 Å². The van der Waals surface area contributed by atoms with Crippen LogP contribution in [0.5, 0.6) is 35.0 Å². The third-order valence-corrected chi connectivity index (χ3v) is 19.4. The van der Waals surface area contributed by atoms with Gasteiger partial charge in [-0.2, -0.15) is 9.97 Å². The highest BCUT2D eigenvalue weighted by Gasteiger charge is 2.46. The quantitative estimate of drug-likeness (QED) is 0.0756. The van der Waals surface area contributed by atoms with Crippen LogP contribution in [0.3, 0.4) is 0 Å². The second-order valence-electron chi connectivity index (χ2n) is 23.2. The molecule has 0 saturated carbocycles. The lowest BCUT2D eigenvalue weighted by Crippen LogP contribution is -2.55. The van der Waals surface area contributed by atoms with Gasteiger partial charge in [-0.1, -0.05) is 18.2 Å². The number of piperidine rings is 5. The van der Waals surface area contributed by atoms with E-state index in [4.69, 9.17) is 53.3 Å². The predicted molar refractivity (Wildman–Crippen MR) is 312 cm³/mol. The highest BCUT2D eigenvalue weighted by atomic mass is 16.5. The molecule has 0 radical (unpaired) electrons. The van der Waals surface area contributed by atoms with Crippen LogP contribution in [-0.2, 0) is 0 Å². The first kappa shape index (κ1) is 52.3. The molecule has 0 spiro atoms. The minimum atomic E-state index is -0.511. The van der Waals surface area contributed by atoms with Crippen LogP contribution in [0.25, 0.3) is 32.7 Å². The summed E-state index contributed by atoms with van der Waals surface area (Å²) in [4.78, 5) is 33.2. The number of allylic oxidation sites excluding steroid dienone is 2. The highest BCUT2D eigenvalue weighted by Crippen LogP contribution is 2.48. The summed E-state index contributed by atoms with van der Waals surface area (Å²) < 4.78 is 40.5. The molecule has 14 nitrogen and oxygen atoms in total. The monoisotopic (exact) mass is 1070 g/mol. The molecule has 9 unspecified atom stereocenters. The number of ether oxygens (including phenoxy) is 6. The van der Waals surface area contributed by atoms with Crippen molar-refractivity contribution in [2.75, 3.05) is 60.6 Å². The van der Waals surface area contributed by atoms with Gasteiger partial charge in [0.25, 0.3) is 0 Å². The van der Waals surface area contributed by atoms with Gasteiger partial charge in [0.2, 0.25) is 11.8 Å². The van der Waals surface area contributed by atoms with Crippen molar-refractivity contribution >= 4 is 32.7 Å². The van der Waals surface area contributed by atoms with Gasteiger partial charge in [0.1, 0.15) is 35.6 Å². The molecule has 9 fully saturated rings. The zero-order valence-corrected chi connectivity index (χ0v) is 46.4. The Morgan fingerprint density at radius 3 is 1.21 bits per heavy atom. The van der Waals surface area contributed by atoms with Crippen LogP contribution in [0.1, 0.15) is 86.4 Å². The summed E-state index contributed by atoms with van der Waals surface area (Å²) in [6.45, 7) is 18.6. The zero-order valence-electron chi connectivity index (χ0n) is 46.4. The van der Waals surface area contributed by atoms with E-state index in [2.05, 4.69) is 89.1 Å². The summed E-state index contributed by atoms with van der Waals surface area (Å²) in [5.41, 5.74) is 5.59. The molecule has 16 rings (SSSR count). The Kier molecular flexibility index (Phi) is 14.6. The lowest BCUT2D eigenvalue weighted by Gasteiger charge is -2.51. The van der Waals surface area contributed by atoms with E-state index < -0.39 is 18.3 Å². The number of hydrogen-bond donors (Lipinski definition) is 0. The van der Waals surface area contributed by atoms with Crippen LogP contribution < -0.4 is 28.4 Å². The van der Waals surface area contributed by atoms with Gasteiger partial charge < -0.3 is 28.4 Å². The first-order valence-electron chi connectivity index (χ1n) is 29.1. The van der Waals surface area contributed by atoms with Crippen molar-refractivity contribution in [3.8, 4) is 35.0 Å². The largest absolute Gasteiger partial charge is 0.497 e. The third-order valence-electron chi connectivity index (χ3n) is 19.4. The lowest BCUT2D eigenvalue weighted by atomic mass is 9.73. The molecule has 9 aliphatic heterocycles. The van der Waals surface area contributed by atoms with Crippen molar-refractivity contribution in [2.24, 2.45) is 35.5 Å². The van der Waals surface area contributed by atoms with Gasteiger partial charge in [0.15, 0.2) is 0 Å². The molecule has 4 aromatic heterocycles. The van der Waals surface area contributed by atoms with E-state index in [0.29, 0.717) is 47.3 Å². The van der Waals surface area contributed by atoms with Gasteiger partial charge in [0.05, 0.1) is 62.1 Å². The van der Waals surface area contributed by atoms with Gasteiger partial charge in [-0.05, 0) is 192 Å². The Labute approximate surface area is 469 Å². The van der Waals surface area contributed by atoms with Crippen LogP contribution in [0.2, 0.25) is 0 Å². The second kappa shape index (κ2) is 22.4. The average Bonchev–Trinajstić information content (AvgIpc) is 4.05. The number of fused-ring (bicyclic) bond motifs is 14. The maximum absolute atomic E-state index is 7.68. The Morgan fingerprint density at radius 2 is 0.825 bits per heavy atom. The number of hydrogen-bond acceptors (Lipinski definition) is 14. The van der Waals surface area contributed by atoms with Gasteiger partial charge in [0, 0.05) is 58.0 Å². The molecule has 6 bridgehead atoms. The molecule has 0 aliphatic carbocycles. The number of methoxy groups -OCH3 is 3. The SMILES string of the molecule is C=CC1C[N@@]2CCC1CC2C(Oc1nc(O[C@@H](c2ccnc3ccc(OC)cc23)C2CC3CC[N@]2CCC3C=C)cc(O[C@@H](c2ccnc3ccc(OC)cc23)[C@@H]2CC3CCN2CC[C@@H]3C=C)n1)c1ccnc2ccc(OC)cc12. The van der Waals surface area contributed by atoms with Crippen molar-refractivity contribution < 1.29 is 28.4 Å². The van der Waals surface area contributed by atoms with Gasteiger partial charge in [-0.3, -0.25) is 29.7 Å². The van der Waals surface area contributed by atoms with Crippen molar-refractivity contribution in [2.45, 2.75) is 87.8 Å². The third kappa shape index (κ3) is 9.91. The van der Waals surface area contributed by atoms with Gasteiger partial charge in [-0.25, -0.2) is 0 Å². The molecule has 7 aromatic rings. The van der Waals surface area contributed by atoms with Crippen LogP contribution in [0.15, 0.2) is 135 Å². The van der Waals surface area contributed by atoms with E-state index in [1.165, 1.54) is 0 Å². The number of pyridine rings is 3. The molecule has 14 heteroatoms. The fourth-order valence-electron chi connectivity index (χ4n) is 15.1. The van der Waals surface area contributed by atoms with Gasteiger partial charge in [-0.15, -0.1) is 19.7 Å². The minimum absolute atomic E-state index is 0.00425. The molecule has 9 saturated heterocycles. The molecule has 0 N–H and O–H groups in total. The van der Waals surface area contributed by atoms with E-state index in [-0.39, 0.29) is 24.1 Å². The second-order valence-corrected chi connectivity index (χ2v) is 23.2. The molecule has 15 atom stereocenters. The fraction of sp³-hybridized carbons (Fsp3) is 0.439. The number of rotatable bonds is 18. The summed E-state index contributed by atoms with van der Waals surface area (Å²) in [5, 5.41) is 2.89. The average molecular weight is 1080 g/mol.